The summed E-state index contributed by atoms with van der Waals surface area (Å²) in [6, 6.07) is 6.08. The van der Waals surface area contributed by atoms with Crippen molar-refractivity contribution < 1.29 is 0 Å². The Morgan fingerprint density at radius 3 is 2.77 bits per heavy atom. The molecule has 1 aliphatic rings. The minimum atomic E-state index is 0. The Labute approximate surface area is 174 Å². The van der Waals surface area contributed by atoms with Crippen LogP contribution in [0.5, 0.6) is 0 Å². The molecule has 1 aliphatic carbocycles. The minimum absolute atomic E-state index is 0. The van der Waals surface area contributed by atoms with Crippen LogP contribution in [0.4, 0.5) is 0 Å². The van der Waals surface area contributed by atoms with Crippen molar-refractivity contribution in [2.24, 2.45) is 16.8 Å². The van der Waals surface area contributed by atoms with E-state index in [1.54, 1.807) is 0 Å². The molecule has 144 valence electrons. The average Bonchev–Trinajstić information content (AvgIpc) is 3.03. The van der Waals surface area contributed by atoms with E-state index in [0.717, 1.165) is 48.6 Å². The number of aromatic nitrogens is 2. The van der Waals surface area contributed by atoms with Gasteiger partial charge < -0.3 is 14.6 Å². The Hall–Kier alpha value is -1.31. The third-order valence-electron chi connectivity index (χ3n) is 5.32. The average molecular weight is 469 g/mol. The van der Waals surface area contributed by atoms with Gasteiger partial charge in [0.05, 0.1) is 5.69 Å². The van der Waals surface area contributed by atoms with Gasteiger partial charge in [-0.15, -0.1) is 24.0 Å². The predicted octanol–water partition coefficient (Wildman–Crippen LogP) is 3.83. The van der Waals surface area contributed by atoms with Gasteiger partial charge in [-0.25, -0.2) is 4.98 Å². The number of nitrogens with one attached hydrogen (secondary N) is 1. The van der Waals surface area contributed by atoms with E-state index in [9.17, 15) is 0 Å². The van der Waals surface area contributed by atoms with Crippen LogP contribution in [0.15, 0.2) is 35.6 Å². The molecule has 5 nitrogen and oxygen atoms in total. The van der Waals surface area contributed by atoms with Gasteiger partial charge in [0.1, 0.15) is 5.65 Å². The largest absolute Gasteiger partial charge is 0.356 e. The first kappa shape index (κ1) is 21.0. The summed E-state index contributed by atoms with van der Waals surface area (Å²) in [4.78, 5) is 11.4. The number of imidazole rings is 1. The second kappa shape index (κ2) is 10.1. The van der Waals surface area contributed by atoms with E-state index in [1.807, 2.05) is 31.4 Å². The van der Waals surface area contributed by atoms with Gasteiger partial charge in [-0.1, -0.05) is 25.8 Å². The number of hydrogen-bond donors (Lipinski definition) is 1. The fraction of sp³-hybridized carbons (Fsp3) is 0.600. The van der Waals surface area contributed by atoms with E-state index in [4.69, 9.17) is 0 Å². The van der Waals surface area contributed by atoms with Gasteiger partial charge in [0.15, 0.2) is 5.96 Å². The number of guanidine groups is 1. The van der Waals surface area contributed by atoms with E-state index in [0.29, 0.717) is 0 Å². The molecule has 1 saturated carbocycles. The lowest BCUT2D eigenvalue weighted by Crippen LogP contribution is -2.42. The molecule has 0 aromatic carbocycles. The van der Waals surface area contributed by atoms with Gasteiger partial charge in [0, 0.05) is 46.0 Å². The maximum Gasteiger partial charge on any atom is 0.193 e. The molecule has 2 aromatic rings. The van der Waals surface area contributed by atoms with Crippen molar-refractivity contribution in [1.82, 2.24) is 19.6 Å². The number of hydrogen-bond acceptors (Lipinski definition) is 2. The van der Waals surface area contributed by atoms with Crippen molar-refractivity contribution in [2.75, 3.05) is 27.2 Å². The molecule has 1 fully saturated rings. The highest BCUT2D eigenvalue weighted by atomic mass is 127. The van der Waals surface area contributed by atoms with Crippen LogP contribution in [0.1, 0.15) is 38.3 Å². The summed E-state index contributed by atoms with van der Waals surface area (Å²) in [5.74, 6) is 2.70. The molecule has 0 unspecified atom stereocenters. The molecule has 0 aliphatic heterocycles. The molecule has 1 N–H and O–H groups in total. The normalized spacial score (nSPS) is 20.7. The van der Waals surface area contributed by atoms with Crippen LogP contribution in [0, 0.1) is 11.8 Å². The molecule has 0 amide bonds. The fourth-order valence-corrected chi connectivity index (χ4v) is 3.78. The lowest BCUT2D eigenvalue weighted by Gasteiger charge is -2.31. The Morgan fingerprint density at radius 2 is 2.08 bits per heavy atom. The summed E-state index contributed by atoms with van der Waals surface area (Å²) < 4.78 is 2.07. The topological polar surface area (TPSA) is 44.9 Å². The van der Waals surface area contributed by atoms with Crippen molar-refractivity contribution in [3.05, 3.63) is 36.3 Å². The molecule has 0 radical (unpaired) electrons. The monoisotopic (exact) mass is 469 g/mol. The van der Waals surface area contributed by atoms with Crippen molar-refractivity contribution in [2.45, 2.75) is 39.0 Å². The first-order valence-corrected chi connectivity index (χ1v) is 9.50. The molecule has 2 heterocycles. The SMILES string of the molecule is CN=C(NCCc1cn2ccccc2n1)N(C)CC1CCC(C)CC1.I. The first-order chi connectivity index (χ1) is 12.2. The van der Waals surface area contributed by atoms with Gasteiger partial charge in [-0.05, 0) is 36.8 Å². The number of aliphatic imine (C=N–C) groups is 1. The van der Waals surface area contributed by atoms with Crippen LogP contribution in [-0.2, 0) is 6.42 Å². The summed E-state index contributed by atoms with van der Waals surface area (Å²) in [5.41, 5.74) is 2.11. The number of rotatable bonds is 5. The van der Waals surface area contributed by atoms with E-state index in [2.05, 4.69) is 44.8 Å². The number of pyridine rings is 1. The summed E-state index contributed by atoms with van der Waals surface area (Å²) in [5, 5.41) is 3.49. The van der Waals surface area contributed by atoms with Crippen LogP contribution in [0.2, 0.25) is 0 Å². The molecular formula is C20H32IN5. The summed E-state index contributed by atoms with van der Waals surface area (Å²) >= 11 is 0. The van der Waals surface area contributed by atoms with Crippen molar-refractivity contribution in [3.63, 3.8) is 0 Å². The summed E-state index contributed by atoms with van der Waals surface area (Å²) in [7, 11) is 4.02. The quantitative estimate of drug-likeness (QED) is 0.412. The van der Waals surface area contributed by atoms with Crippen molar-refractivity contribution in [3.8, 4) is 0 Å². The van der Waals surface area contributed by atoms with Crippen LogP contribution >= 0.6 is 24.0 Å². The second-order valence-corrected chi connectivity index (χ2v) is 7.43. The van der Waals surface area contributed by atoms with Crippen molar-refractivity contribution in [1.29, 1.82) is 0 Å². The Morgan fingerprint density at radius 1 is 1.31 bits per heavy atom. The molecule has 0 atom stereocenters. The third-order valence-corrected chi connectivity index (χ3v) is 5.32. The highest BCUT2D eigenvalue weighted by Gasteiger charge is 2.20. The predicted molar refractivity (Wildman–Crippen MR) is 119 cm³/mol. The molecule has 0 bridgehead atoms. The lowest BCUT2D eigenvalue weighted by molar-refractivity contribution is 0.250. The molecule has 3 rings (SSSR count). The minimum Gasteiger partial charge on any atom is -0.356 e. The molecule has 0 saturated heterocycles. The van der Waals surface area contributed by atoms with E-state index >= 15 is 0 Å². The highest BCUT2D eigenvalue weighted by Crippen LogP contribution is 2.28. The van der Waals surface area contributed by atoms with E-state index in [1.165, 1.54) is 25.7 Å². The standard InChI is InChI=1S/C20H31N5.HI/c1-16-7-9-17(10-8-16)14-24(3)20(21-2)22-12-11-18-15-25-13-5-4-6-19(25)23-18;/h4-6,13,15-17H,7-12,14H2,1-3H3,(H,21,22);1H. The zero-order valence-electron chi connectivity index (χ0n) is 16.2. The van der Waals surface area contributed by atoms with Crippen LogP contribution < -0.4 is 5.32 Å². The zero-order chi connectivity index (χ0) is 17.6. The van der Waals surface area contributed by atoms with Gasteiger partial charge in [0.2, 0.25) is 0 Å². The van der Waals surface area contributed by atoms with Crippen LogP contribution in [0.25, 0.3) is 5.65 Å². The molecular weight excluding hydrogens is 437 g/mol. The molecule has 2 aromatic heterocycles. The molecule has 26 heavy (non-hydrogen) atoms. The Kier molecular flexibility index (Phi) is 8.18. The maximum absolute atomic E-state index is 4.65. The maximum atomic E-state index is 4.65. The lowest BCUT2D eigenvalue weighted by atomic mass is 9.83. The van der Waals surface area contributed by atoms with Crippen LogP contribution in [0.3, 0.4) is 0 Å². The molecule has 6 heteroatoms. The fourth-order valence-electron chi connectivity index (χ4n) is 3.78. The van der Waals surface area contributed by atoms with Gasteiger partial charge in [-0.3, -0.25) is 4.99 Å². The number of nitrogens with zero attached hydrogens (tertiary/aromatic N) is 4. The van der Waals surface area contributed by atoms with E-state index < -0.39 is 0 Å². The van der Waals surface area contributed by atoms with Gasteiger partial charge >= 0.3 is 0 Å². The summed E-state index contributed by atoms with van der Waals surface area (Å²) in [6.07, 6.45) is 10.5. The number of halogens is 1. The Balaban J connectivity index is 0.00000243. The first-order valence-electron chi connectivity index (χ1n) is 9.50. The third kappa shape index (κ3) is 5.59. The van der Waals surface area contributed by atoms with E-state index in [-0.39, 0.29) is 24.0 Å². The summed E-state index contributed by atoms with van der Waals surface area (Å²) in [6.45, 7) is 4.32. The number of fused-ring (bicyclic) bond motifs is 1. The highest BCUT2D eigenvalue weighted by molar-refractivity contribution is 14.0. The van der Waals surface area contributed by atoms with Crippen molar-refractivity contribution >= 4 is 35.6 Å². The van der Waals surface area contributed by atoms with Gasteiger partial charge in [0.25, 0.3) is 0 Å². The smallest absolute Gasteiger partial charge is 0.193 e. The Bertz CT molecular complexity index is 670. The van der Waals surface area contributed by atoms with Crippen LogP contribution in [-0.4, -0.2) is 47.4 Å². The molecule has 0 spiro atoms. The van der Waals surface area contributed by atoms with Gasteiger partial charge in [-0.2, -0.15) is 0 Å². The zero-order valence-corrected chi connectivity index (χ0v) is 18.5. The second-order valence-electron chi connectivity index (χ2n) is 7.43.